The zero-order valence-corrected chi connectivity index (χ0v) is 14.0. The minimum absolute atomic E-state index is 0.0190. The average Bonchev–Trinajstić information content (AvgIpc) is 2.50. The molecule has 1 rings (SSSR count). The van der Waals surface area contributed by atoms with E-state index in [9.17, 15) is 4.79 Å². The van der Waals surface area contributed by atoms with Gasteiger partial charge in [-0.25, -0.2) is 0 Å². The molecule has 0 heterocycles. The Morgan fingerprint density at radius 2 is 2.10 bits per heavy atom. The Hall–Kier alpha value is -0.650. The summed E-state index contributed by atoms with van der Waals surface area (Å²) in [6.45, 7) is 7.75. The van der Waals surface area contributed by atoms with Crippen molar-refractivity contribution in [2.45, 2.75) is 51.5 Å². The summed E-state index contributed by atoms with van der Waals surface area (Å²) in [5.41, 5.74) is 6.10. The molecule has 0 unspecified atom stereocenters. The summed E-state index contributed by atoms with van der Waals surface area (Å²) in [6.07, 6.45) is 5.49. The Kier molecular flexibility index (Phi) is 8.22. The van der Waals surface area contributed by atoms with Crippen LogP contribution in [0.5, 0.6) is 0 Å². The highest BCUT2D eigenvalue weighted by molar-refractivity contribution is 5.78. The fraction of sp³-hybridized carbons (Fsp3) is 0.938. The molecule has 5 nitrogen and oxygen atoms in total. The van der Waals surface area contributed by atoms with Crippen molar-refractivity contribution in [3.63, 3.8) is 0 Å². The van der Waals surface area contributed by atoms with Crippen molar-refractivity contribution in [2.24, 2.45) is 11.7 Å². The van der Waals surface area contributed by atoms with E-state index in [-0.39, 0.29) is 11.4 Å². The summed E-state index contributed by atoms with van der Waals surface area (Å²) in [6, 6.07) is 0. The normalized spacial score (nSPS) is 26.0. The van der Waals surface area contributed by atoms with Crippen molar-refractivity contribution in [3.8, 4) is 0 Å². The van der Waals surface area contributed by atoms with E-state index in [0.717, 1.165) is 31.7 Å². The number of rotatable bonds is 9. The predicted molar refractivity (Wildman–Crippen MR) is 86.2 cm³/mol. The zero-order valence-electron chi connectivity index (χ0n) is 14.0. The molecular weight excluding hydrogens is 266 g/mol. The average molecular weight is 299 g/mol. The van der Waals surface area contributed by atoms with Crippen molar-refractivity contribution in [1.82, 2.24) is 10.2 Å². The molecule has 0 aliphatic heterocycles. The number of hydrogen-bond donors (Lipinski definition) is 2. The van der Waals surface area contributed by atoms with Gasteiger partial charge in [0.2, 0.25) is 5.91 Å². The fourth-order valence-corrected chi connectivity index (χ4v) is 3.24. The van der Waals surface area contributed by atoms with Gasteiger partial charge in [0.05, 0.1) is 6.54 Å². The summed E-state index contributed by atoms with van der Waals surface area (Å²) in [7, 11) is 1.68. The van der Waals surface area contributed by atoms with E-state index >= 15 is 0 Å². The van der Waals surface area contributed by atoms with Crippen LogP contribution in [0.3, 0.4) is 0 Å². The topological polar surface area (TPSA) is 67.6 Å². The van der Waals surface area contributed by atoms with E-state index in [1.165, 1.54) is 12.8 Å². The smallest absolute Gasteiger partial charge is 0.234 e. The highest BCUT2D eigenvalue weighted by atomic mass is 16.5. The first-order chi connectivity index (χ1) is 10.1. The molecule has 1 aliphatic rings. The van der Waals surface area contributed by atoms with Gasteiger partial charge in [-0.05, 0) is 44.6 Å². The zero-order chi connectivity index (χ0) is 15.7. The summed E-state index contributed by atoms with van der Waals surface area (Å²) in [4.78, 5) is 14.4. The van der Waals surface area contributed by atoms with Crippen LogP contribution >= 0.6 is 0 Å². The lowest BCUT2D eigenvalue weighted by molar-refractivity contribution is -0.124. The van der Waals surface area contributed by atoms with Crippen molar-refractivity contribution < 1.29 is 9.53 Å². The molecule has 0 bridgehead atoms. The van der Waals surface area contributed by atoms with Crippen molar-refractivity contribution in [1.29, 1.82) is 0 Å². The number of likely N-dealkylation sites (N-methyl/N-ethyl adjacent to an activating group) is 1. The molecule has 0 aromatic heterocycles. The molecule has 0 atom stereocenters. The van der Waals surface area contributed by atoms with E-state index in [1.54, 1.807) is 7.11 Å². The number of nitrogens with one attached hydrogen (secondary N) is 1. The van der Waals surface area contributed by atoms with Crippen LogP contribution in [0.4, 0.5) is 0 Å². The molecule has 21 heavy (non-hydrogen) atoms. The molecule has 5 heteroatoms. The third-order valence-electron chi connectivity index (χ3n) is 4.82. The lowest BCUT2D eigenvalue weighted by atomic mass is 9.76. The summed E-state index contributed by atoms with van der Waals surface area (Å²) in [5.74, 6) is 0.880. The van der Waals surface area contributed by atoms with Gasteiger partial charge >= 0.3 is 0 Å². The lowest BCUT2D eigenvalue weighted by Gasteiger charge is -2.46. The van der Waals surface area contributed by atoms with Crippen LogP contribution in [0.15, 0.2) is 0 Å². The second-order valence-corrected chi connectivity index (χ2v) is 6.32. The first kappa shape index (κ1) is 18.4. The molecule has 124 valence electrons. The molecule has 1 amide bonds. The maximum atomic E-state index is 12.1. The van der Waals surface area contributed by atoms with Crippen LogP contribution in [0.25, 0.3) is 0 Å². The molecule has 0 aromatic rings. The first-order valence-electron chi connectivity index (χ1n) is 8.28. The molecule has 1 aliphatic carbocycles. The van der Waals surface area contributed by atoms with Crippen LogP contribution < -0.4 is 11.1 Å². The highest BCUT2D eigenvalue weighted by Crippen LogP contribution is 2.35. The lowest BCUT2D eigenvalue weighted by Crippen LogP contribution is -2.58. The number of hydrogen-bond acceptors (Lipinski definition) is 4. The number of amides is 1. The fourth-order valence-electron chi connectivity index (χ4n) is 3.24. The Morgan fingerprint density at radius 1 is 1.43 bits per heavy atom. The summed E-state index contributed by atoms with van der Waals surface area (Å²) < 4.78 is 4.99. The van der Waals surface area contributed by atoms with Crippen LogP contribution in [0.2, 0.25) is 0 Å². The second-order valence-electron chi connectivity index (χ2n) is 6.32. The largest absolute Gasteiger partial charge is 0.385 e. The van der Waals surface area contributed by atoms with E-state index < -0.39 is 0 Å². The Morgan fingerprint density at radius 3 is 2.62 bits per heavy atom. The predicted octanol–water partition coefficient (Wildman–Crippen LogP) is 1.37. The molecule has 0 saturated heterocycles. The molecular formula is C16H33N3O2. The quantitative estimate of drug-likeness (QED) is 0.631. The van der Waals surface area contributed by atoms with Gasteiger partial charge in [0.25, 0.3) is 0 Å². The van der Waals surface area contributed by atoms with E-state index in [4.69, 9.17) is 10.5 Å². The van der Waals surface area contributed by atoms with Gasteiger partial charge < -0.3 is 15.8 Å². The number of carbonyl (C=O) groups is 1. The standard InChI is InChI=1S/C16H33N3O2/c1-4-19(12-15(20)18-10-5-11-21-3)16(13-17)8-6-14(2)7-9-16/h14H,4-13,17H2,1-3H3,(H,18,20). The molecule has 0 aromatic carbocycles. The van der Waals surface area contributed by atoms with Crippen LogP contribution in [-0.4, -0.2) is 56.2 Å². The summed E-state index contributed by atoms with van der Waals surface area (Å²) >= 11 is 0. The third-order valence-corrected chi connectivity index (χ3v) is 4.82. The van der Waals surface area contributed by atoms with Crippen LogP contribution in [0.1, 0.15) is 46.0 Å². The summed E-state index contributed by atoms with van der Waals surface area (Å²) in [5, 5.41) is 2.97. The maximum Gasteiger partial charge on any atom is 0.234 e. The molecule has 1 saturated carbocycles. The number of nitrogens with zero attached hydrogens (tertiary/aromatic N) is 1. The monoisotopic (exact) mass is 299 g/mol. The Labute approximate surface area is 129 Å². The first-order valence-corrected chi connectivity index (χ1v) is 8.28. The molecule has 0 spiro atoms. The number of nitrogens with two attached hydrogens (primary N) is 1. The van der Waals surface area contributed by atoms with Crippen molar-refractivity contribution in [2.75, 3.05) is 39.9 Å². The molecule has 3 N–H and O–H groups in total. The van der Waals surface area contributed by atoms with E-state index in [2.05, 4.69) is 24.1 Å². The molecule has 1 fully saturated rings. The number of ether oxygens (including phenoxy) is 1. The van der Waals surface area contributed by atoms with Crippen molar-refractivity contribution in [3.05, 3.63) is 0 Å². The van der Waals surface area contributed by atoms with Gasteiger partial charge in [0.15, 0.2) is 0 Å². The van der Waals surface area contributed by atoms with E-state index in [0.29, 0.717) is 26.2 Å². The SMILES string of the molecule is CCN(CC(=O)NCCCOC)C1(CN)CCC(C)CC1. The van der Waals surface area contributed by atoms with Gasteiger partial charge in [-0.3, -0.25) is 9.69 Å². The third kappa shape index (κ3) is 5.57. The highest BCUT2D eigenvalue weighted by Gasteiger charge is 2.38. The minimum Gasteiger partial charge on any atom is -0.385 e. The van der Waals surface area contributed by atoms with Gasteiger partial charge in [-0.2, -0.15) is 0 Å². The van der Waals surface area contributed by atoms with Gasteiger partial charge in [0.1, 0.15) is 0 Å². The second kappa shape index (κ2) is 9.38. The van der Waals surface area contributed by atoms with Crippen LogP contribution in [0, 0.1) is 5.92 Å². The minimum atomic E-state index is 0.0190. The van der Waals surface area contributed by atoms with Crippen LogP contribution in [-0.2, 0) is 9.53 Å². The van der Waals surface area contributed by atoms with Gasteiger partial charge in [-0.15, -0.1) is 0 Å². The van der Waals surface area contributed by atoms with Gasteiger partial charge in [-0.1, -0.05) is 13.8 Å². The van der Waals surface area contributed by atoms with Crippen molar-refractivity contribution >= 4 is 5.91 Å². The number of carbonyl (C=O) groups excluding carboxylic acids is 1. The number of methoxy groups -OCH3 is 1. The molecule has 0 radical (unpaired) electrons. The van der Waals surface area contributed by atoms with Gasteiger partial charge in [0, 0.05) is 32.3 Å². The Bertz CT molecular complexity index is 302. The van der Waals surface area contributed by atoms with E-state index in [1.807, 2.05) is 0 Å². The maximum absolute atomic E-state index is 12.1. The Balaban J connectivity index is 2.49.